The van der Waals surface area contributed by atoms with Crippen LogP contribution in [-0.2, 0) is 11.3 Å². The van der Waals surface area contributed by atoms with E-state index in [1.165, 1.54) is 6.20 Å². The molecule has 1 aromatic heterocycles. The van der Waals surface area contributed by atoms with Crippen LogP contribution in [-0.4, -0.2) is 27.8 Å². The standard InChI is InChI=1S/C18H20N2O4/c1-18(2,3)24-17(23)20-11-12-7-4-5-8-13(12)14-9-6-10-19-15(14)16(21)22/h4-10H,11H2,1-3H3,(H,20,23)(H,21,22). The minimum absolute atomic E-state index is 0.0257. The number of carboxylic acids is 1. The van der Waals surface area contributed by atoms with E-state index in [4.69, 9.17) is 4.74 Å². The number of amides is 1. The van der Waals surface area contributed by atoms with Gasteiger partial charge in [-0.15, -0.1) is 0 Å². The van der Waals surface area contributed by atoms with E-state index in [-0.39, 0.29) is 12.2 Å². The summed E-state index contributed by atoms with van der Waals surface area (Å²) in [6.45, 7) is 5.58. The summed E-state index contributed by atoms with van der Waals surface area (Å²) >= 11 is 0. The largest absolute Gasteiger partial charge is 0.476 e. The second-order valence-electron chi connectivity index (χ2n) is 6.22. The molecule has 2 N–H and O–H groups in total. The number of carboxylic acid groups (broad SMARTS) is 1. The molecule has 2 rings (SSSR count). The molecule has 0 fully saturated rings. The van der Waals surface area contributed by atoms with Gasteiger partial charge in [-0.3, -0.25) is 0 Å². The van der Waals surface area contributed by atoms with Crippen molar-refractivity contribution in [3.63, 3.8) is 0 Å². The van der Waals surface area contributed by atoms with Crippen molar-refractivity contribution in [3.8, 4) is 11.1 Å². The first kappa shape index (κ1) is 17.5. The van der Waals surface area contributed by atoms with Crippen molar-refractivity contribution >= 4 is 12.1 Å². The van der Waals surface area contributed by atoms with E-state index in [2.05, 4.69) is 10.3 Å². The van der Waals surface area contributed by atoms with Gasteiger partial charge in [0.2, 0.25) is 0 Å². The van der Waals surface area contributed by atoms with Gasteiger partial charge >= 0.3 is 12.1 Å². The molecule has 1 amide bonds. The second-order valence-corrected chi connectivity index (χ2v) is 6.22. The maximum atomic E-state index is 11.8. The fourth-order valence-corrected chi connectivity index (χ4v) is 2.21. The fraction of sp³-hybridized carbons (Fsp3) is 0.278. The zero-order valence-electron chi connectivity index (χ0n) is 13.9. The number of nitrogens with one attached hydrogen (secondary N) is 1. The van der Waals surface area contributed by atoms with Gasteiger partial charge in [-0.2, -0.15) is 0 Å². The molecular formula is C18H20N2O4. The molecule has 0 atom stereocenters. The van der Waals surface area contributed by atoms with Crippen LogP contribution in [0.1, 0.15) is 36.8 Å². The van der Waals surface area contributed by atoms with Crippen molar-refractivity contribution < 1.29 is 19.4 Å². The zero-order chi connectivity index (χ0) is 17.7. The molecule has 0 saturated carbocycles. The van der Waals surface area contributed by atoms with Gasteiger partial charge in [-0.25, -0.2) is 14.6 Å². The number of aromatic nitrogens is 1. The fourth-order valence-electron chi connectivity index (χ4n) is 2.21. The lowest BCUT2D eigenvalue weighted by molar-refractivity contribution is 0.0523. The number of benzene rings is 1. The molecule has 0 saturated heterocycles. The number of carbonyl (C=O) groups excluding carboxylic acids is 1. The van der Waals surface area contributed by atoms with Crippen LogP contribution < -0.4 is 5.32 Å². The summed E-state index contributed by atoms with van der Waals surface area (Å²) in [5.41, 5.74) is 1.38. The highest BCUT2D eigenvalue weighted by Crippen LogP contribution is 2.26. The third-order valence-corrected chi connectivity index (χ3v) is 3.14. The molecule has 0 unspecified atom stereocenters. The van der Waals surface area contributed by atoms with Crippen LogP contribution in [0.3, 0.4) is 0 Å². The predicted octanol–water partition coefficient (Wildman–Crippen LogP) is 3.47. The average molecular weight is 328 g/mol. The molecule has 0 aliphatic heterocycles. The van der Waals surface area contributed by atoms with Gasteiger partial charge in [-0.1, -0.05) is 30.3 Å². The van der Waals surface area contributed by atoms with Crippen LogP contribution in [0.4, 0.5) is 4.79 Å². The lowest BCUT2D eigenvalue weighted by Gasteiger charge is -2.20. The number of pyridine rings is 1. The Kier molecular flexibility index (Phi) is 5.18. The Balaban J connectivity index is 2.26. The Hall–Kier alpha value is -2.89. The van der Waals surface area contributed by atoms with Gasteiger partial charge in [0.25, 0.3) is 0 Å². The number of ether oxygens (including phenoxy) is 1. The third kappa shape index (κ3) is 4.55. The normalized spacial score (nSPS) is 11.0. The lowest BCUT2D eigenvalue weighted by Crippen LogP contribution is -2.32. The van der Waals surface area contributed by atoms with Gasteiger partial charge in [0, 0.05) is 18.3 Å². The molecule has 6 nitrogen and oxygen atoms in total. The number of hydrogen-bond donors (Lipinski definition) is 2. The first-order valence-corrected chi connectivity index (χ1v) is 7.51. The Morgan fingerprint density at radius 1 is 1.12 bits per heavy atom. The minimum atomic E-state index is -1.10. The summed E-state index contributed by atoms with van der Waals surface area (Å²) in [5.74, 6) is -1.10. The van der Waals surface area contributed by atoms with Gasteiger partial charge in [0.05, 0.1) is 0 Å². The summed E-state index contributed by atoms with van der Waals surface area (Å²) in [6.07, 6.45) is 0.913. The zero-order valence-corrected chi connectivity index (χ0v) is 13.9. The molecule has 6 heteroatoms. The van der Waals surface area contributed by atoms with Crippen LogP contribution in [0, 0.1) is 0 Å². The average Bonchev–Trinajstić information content (AvgIpc) is 2.51. The highest BCUT2D eigenvalue weighted by Gasteiger charge is 2.18. The van der Waals surface area contributed by atoms with Gasteiger partial charge in [0.15, 0.2) is 5.69 Å². The Morgan fingerprint density at radius 2 is 1.79 bits per heavy atom. The first-order chi connectivity index (χ1) is 11.3. The highest BCUT2D eigenvalue weighted by atomic mass is 16.6. The van der Waals surface area contributed by atoms with Crippen LogP contribution in [0.2, 0.25) is 0 Å². The molecule has 0 radical (unpaired) electrons. The third-order valence-electron chi connectivity index (χ3n) is 3.14. The maximum absolute atomic E-state index is 11.8. The number of rotatable bonds is 4. The number of nitrogens with zero attached hydrogens (tertiary/aromatic N) is 1. The number of aromatic carboxylic acids is 1. The van der Waals surface area contributed by atoms with E-state index in [0.29, 0.717) is 11.1 Å². The topological polar surface area (TPSA) is 88.5 Å². The smallest absolute Gasteiger partial charge is 0.407 e. The first-order valence-electron chi connectivity index (χ1n) is 7.51. The van der Waals surface area contributed by atoms with Crippen molar-refractivity contribution in [1.82, 2.24) is 10.3 Å². The number of alkyl carbamates (subject to hydrolysis) is 1. The molecule has 24 heavy (non-hydrogen) atoms. The summed E-state index contributed by atoms with van der Waals surface area (Å²) in [7, 11) is 0. The van der Waals surface area contributed by atoms with Crippen LogP contribution >= 0.6 is 0 Å². The van der Waals surface area contributed by atoms with E-state index in [1.807, 2.05) is 18.2 Å². The van der Waals surface area contributed by atoms with Crippen LogP contribution in [0.15, 0.2) is 42.6 Å². The molecule has 0 aliphatic carbocycles. The molecule has 1 heterocycles. The van der Waals surface area contributed by atoms with Crippen molar-refractivity contribution in [2.75, 3.05) is 0 Å². The van der Waals surface area contributed by atoms with E-state index in [9.17, 15) is 14.7 Å². The molecule has 1 aromatic carbocycles. The van der Waals surface area contributed by atoms with Crippen molar-refractivity contribution in [1.29, 1.82) is 0 Å². The SMILES string of the molecule is CC(C)(C)OC(=O)NCc1ccccc1-c1cccnc1C(=O)O. The van der Waals surface area contributed by atoms with E-state index >= 15 is 0 Å². The summed E-state index contributed by atoms with van der Waals surface area (Å²) in [4.78, 5) is 27.1. The van der Waals surface area contributed by atoms with Crippen molar-refractivity contribution in [2.24, 2.45) is 0 Å². The van der Waals surface area contributed by atoms with Crippen LogP contribution in [0.5, 0.6) is 0 Å². The molecule has 126 valence electrons. The quantitative estimate of drug-likeness (QED) is 0.897. The van der Waals surface area contributed by atoms with Crippen molar-refractivity contribution in [2.45, 2.75) is 32.9 Å². The Bertz CT molecular complexity index is 751. The van der Waals surface area contributed by atoms with Gasteiger partial charge in [0.1, 0.15) is 5.60 Å². The van der Waals surface area contributed by atoms with E-state index < -0.39 is 17.7 Å². The molecule has 0 spiro atoms. The van der Waals surface area contributed by atoms with Gasteiger partial charge < -0.3 is 15.2 Å². The molecular weight excluding hydrogens is 308 g/mol. The predicted molar refractivity (Wildman–Crippen MR) is 89.7 cm³/mol. The monoisotopic (exact) mass is 328 g/mol. The summed E-state index contributed by atoms with van der Waals surface area (Å²) in [6, 6.07) is 10.6. The minimum Gasteiger partial charge on any atom is -0.476 e. The number of carbonyl (C=O) groups is 2. The summed E-state index contributed by atoms with van der Waals surface area (Å²) in [5, 5.41) is 12.0. The Morgan fingerprint density at radius 3 is 2.46 bits per heavy atom. The second kappa shape index (κ2) is 7.12. The van der Waals surface area contributed by atoms with Gasteiger partial charge in [-0.05, 0) is 38.0 Å². The molecule has 0 aliphatic rings. The lowest BCUT2D eigenvalue weighted by atomic mass is 9.98. The van der Waals surface area contributed by atoms with Crippen molar-refractivity contribution in [3.05, 3.63) is 53.9 Å². The number of hydrogen-bond acceptors (Lipinski definition) is 4. The highest BCUT2D eigenvalue weighted by molar-refractivity contribution is 5.94. The van der Waals surface area contributed by atoms with E-state index in [1.54, 1.807) is 39.0 Å². The Labute approximate surface area is 140 Å². The summed E-state index contributed by atoms with van der Waals surface area (Å²) < 4.78 is 5.21. The molecule has 2 aromatic rings. The van der Waals surface area contributed by atoms with Crippen LogP contribution in [0.25, 0.3) is 11.1 Å². The van der Waals surface area contributed by atoms with E-state index in [0.717, 1.165) is 5.56 Å². The maximum Gasteiger partial charge on any atom is 0.407 e. The molecule has 0 bridgehead atoms.